The van der Waals surface area contributed by atoms with Gasteiger partial charge in [0, 0.05) is 42.1 Å². The molecule has 12 aromatic rings. The van der Waals surface area contributed by atoms with Crippen molar-refractivity contribution in [1.82, 2.24) is 0 Å². The number of fused-ring (bicyclic) bond motifs is 14. The van der Waals surface area contributed by atoms with Crippen LogP contribution < -0.4 is 0 Å². The molecule has 0 radical (unpaired) electrons. The van der Waals surface area contributed by atoms with Crippen molar-refractivity contribution in [2.24, 2.45) is 0 Å². The quantitative estimate of drug-likeness (QED) is 0.131. The van der Waals surface area contributed by atoms with Crippen LogP contribution in [-0.2, 0) is 0 Å². The minimum atomic E-state index is 0.917. The largest absolute Gasteiger partial charge is 0.455 e. The Morgan fingerprint density at radius 3 is 1.46 bits per heavy atom. The average Bonchev–Trinajstić information content (AvgIpc) is 3.77. The molecule has 0 unspecified atom stereocenters. The molecule has 2 heteroatoms. The van der Waals surface area contributed by atoms with Crippen LogP contribution >= 0.6 is 11.3 Å². The van der Waals surface area contributed by atoms with E-state index in [9.17, 15) is 0 Å². The van der Waals surface area contributed by atoms with Crippen molar-refractivity contribution in [3.05, 3.63) is 170 Å². The third-order valence-electron chi connectivity index (χ3n) is 11.2. The molecule has 0 aliphatic carbocycles. The fourth-order valence-corrected chi connectivity index (χ4v) is 10.1. The van der Waals surface area contributed by atoms with E-state index in [1.54, 1.807) is 0 Å². The van der Waals surface area contributed by atoms with Crippen molar-refractivity contribution in [2.75, 3.05) is 0 Å². The van der Waals surface area contributed by atoms with Gasteiger partial charge in [-0.25, -0.2) is 0 Å². The normalized spacial score (nSPS) is 12.2. The van der Waals surface area contributed by atoms with Gasteiger partial charge in [0.1, 0.15) is 11.2 Å². The fraction of sp³-hybridized carbons (Fsp3) is 0. The summed E-state index contributed by atoms with van der Waals surface area (Å²) in [5, 5.41) is 17.7. The second kappa shape index (κ2) is 10.5. The zero-order valence-corrected chi connectivity index (χ0v) is 28.8. The molecule has 12 rings (SSSR count). The van der Waals surface area contributed by atoms with E-state index >= 15 is 0 Å². The molecule has 0 saturated heterocycles. The van der Waals surface area contributed by atoms with Crippen LogP contribution in [0, 0.1) is 0 Å². The average molecular weight is 677 g/mol. The number of para-hydroxylation sites is 2. The number of hydrogen-bond acceptors (Lipinski definition) is 2. The zero-order chi connectivity index (χ0) is 33.9. The summed E-state index contributed by atoms with van der Waals surface area (Å²) in [6.07, 6.45) is 0. The molecule has 10 aromatic carbocycles. The maximum atomic E-state index is 6.61. The van der Waals surface area contributed by atoms with E-state index in [2.05, 4.69) is 164 Å². The third-order valence-corrected chi connectivity index (χ3v) is 12.4. The van der Waals surface area contributed by atoms with E-state index in [1.807, 2.05) is 17.4 Å². The Labute approximate surface area is 302 Å². The van der Waals surface area contributed by atoms with Gasteiger partial charge in [-0.2, -0.15) is 0 Å². The highest BCUT2D eigenvalue weighted by atomic mass is 32.1. The summed E-state index contributed by atoms with van der Waals surface area (Å²) >= 11 is 1.89. The standard InChI is InChI=1S/C50H28OS/c1-3-14-32-30(12-1)31-13-2-4-15-33(31)42-28-47-44(27-41(32)42)43-26-29(24-25-46(43)52-47)48-35-17-5-7-19-37(35)49(38-20-8-6-18-36(38)48)40-22-11-21-39-34-16-9-10-23-45(34)51-50(39)40/h1-28H. The van der Waals surface area contributed by atoms with Crippen molar-refractivity contribution in [3.8, 4) is 22.3 Å². The number of thiophene rings is 1. The van der Waals surface area contributed by atoms with Crippen LogP contribution in [-0.4, -0.2) is 0 Å². The van der Waals surface area contributed by atoms with Crippen molar-refractivity contribution >= 4 is 107 Å². The molecule has 2 heterocycles. The van der Waals surface area contributed by atoms with Gasteiger partial charge in [0.05, 0.1) is 0 Å². The van der Waals surface area contributed by atoms with E-state index in [4.69, 9.17) is 4.42 Å². The summed E-state index contributed by atoms with van der Waals surface area (Å²) in [5.41, 5.74) is 6.69. The number of benzene rings is 10. The lowest BCUT2D eigenvalue weighted by Gasteiger charge is -2.18. The molecule has 240 valence electrons. The van der Waals surface area contributed by atoms with Crippen LogP contribution in [0.15, 0.2) is 174 Å². The van der Waals surface area contributed by atoms with Crippen molar-refractivity contribution in [1.29, 1.82) is 0 Å². The molecule has 0 amide bonds. The molecule has 0 aliphatic rings. The van der Waals surface area contributed by atoms with E-state index in [0.29, 0.717) is 0 Å². The zero-order valence-electron chi connectivity index (χ0n) is 28.0. The van der Waals surface area contributed by atoms with Gasteiger partial charge in [-0.05, 0) is 95.3 Å². The molecule has 1 nitrogen and oxygen atoms in total. The van der Waals surface area contributed by atoms with E-state index in [1.165, 1.54) is 90.7 Å². The summed E-state index contributed by atoms with van der Waals surface area (Å²) in [5.74, 6) is 0. The lowest BCUT2D eigenvalue weighted by molar-refractivity contribution is 0.670. The topological polar surface area (TPSA) is 13.1 Å². The van der Waals surface area contributed by atoms with E-state index < -0.39 is 0 Å². The van der Waals surface area contributed by atoms with Crippen molar-refractivity contribution in [3.63, 3.8) is 0 Å². The first kappa shape index (κ1) is 28.2. The van der Waals surface area contributed by atoms with Crippen LogP contribution in [0.2, 0.25) is 0 Å². The van der Waals surface area contributed by atoms with Crippen molar-refractivity contribution in [2.45, 2.75) is 0 Å². The SMILES string of the molecule is c1ccc2c(c1)oc1c(-c3c4ccccc4c(-c4ccc5sc6cc7c8ccccc8c8ccccc8c7cc6c5c4)c4ccccc34)cccc12. The molecule has 0 atom stereocenters. The Hall–Kier alpha value is -6.48. The van der Waals surface area contributed by atoms with Gasteiger partial charge in [0.2, 0.25) is 0 Å². The highest BCUT2D eigenvalue weighted by Crippen LogP contribution is 2.48. The molecule has 0 bridgehead atoms. The van der Waals surface area contributed by atoms with Gasteiger partial charge in [-0.1, -0.05) is 140 Å². The predicted molar refractivity (Wildman–Crippen MR) is 225 cm³/mol. The van der Waals surface area contributed by atoms with Gasteiger partial charge in [-0.3, -0.25) is 0 Å². The summed E-state index contributed by atoms with van der Waals surface area (Å²) in [4.78, 5) is 0. The van der Waals surface area contributed by atoms with Crippen LogP contribution in [0.1, 0.15) is 0 Å². The van der Waals surface area contributed by atoms with Gasteiger partial charge in [0.15, 0.2) is 0 Å². The maximum absolute atomic E-state index is 6.61. The molecule has 0 spiro atoms. The minimum absolute atomic E-state index is 0.917. The van der Waals surface area contributed by atoms with E-state index in [-0.39, 0.29) is 0 Å². The Balaban J connectivity index is 1.15. The summed E-state index contributed by atoms with van der Waals surface area (Å²) < 4.78 is 9.25. The summed E-state index contributed by atoms with van der Waals surface area (Å²) in [6.45, 7) is 0. The lowest BCUT2D eigenvalue weighted by atomic mass is 9.85. The second-order valence-corrected chi connectivity index (χ2v) is 15.0. The molecule has 0 aliphatic heterocycles. The smallest absolute Gasteiger partial charge is 0.143 e. The third kappa shape index (κ3) is 3.82. The monoisotopic (exact) mass is 676 g/mol. The molecule has 0 saturated carbocycles. The van der Waals surface area contributed by atoms with E-state index in [0.717, 1.165) is 27.5 Å². The Bertz CT molecular complexity index is 3410. The lowest BCUT2D eigenvalue weighted by Crippen LogP contribution is -1.91. The number of rotatable bonds is 2. The Kier molecular flexibility index (Phi) is 5.71. The number of hydrogen-bond donors (Lipinski definition) is 0. The highest BCUT2D eigenvalue weighted by Gasteiger charge is 2.21. The highest BCUT2D eigenvalue weighted by molar-refractivity contribution is 7.25. The van der Waals surface area contributed by atoms with Gasteiger partial charge in [-0.15, -0.1) is 11.3 Å². The van der Waals surface area contributed by atoms with Gasteiger partial charge < -0.3 is 4.42 Å². The first-order valence-corrected chi connectivity index (χ1v) is 18.7. The predicted octanol–water partition coefficient (Wildman–Crippen LogP) is 15.1. The molecular formula is C50H28OS. The first-order chi connectivity index (χ1) is 25.8. The second-order valence-electron chi connectivity index (χ2n) is 13.9. The summed E-state index contributed by atoms with van der Waals surface area (Å²) in [6, 6.07) is 62.4. The molecular weight excluding hydrogens is 649 g/mol. The molecule has 52 heavy (non-hydrogen) atoms. The van der Waals surface area contributed by atoms with Crippen LogP contribution in [0.25, 0.3) is 118 Å². The van der Waals surface area contributed by atoms with Crippen LogP contribution in [0.4, 0.5) is 0 Å². The molecule has 0 fully saturated rings. The maximum Gasteiger partial charge on any atom is 0.143 e. The Morgan fingerprint density at radius 2 is 0.808 bits per heavy atom. The fourth-order valence-electron chi connectivity index (χ4n) is 9.00. The summed E-state index contributed by atoms with van der Waals surface area (Å²) in [7, 11) is 0. The Morgan fingerprint density at radius 1 is 0.308 bits per heavy atom. The van der Waals surface area contributed by atoms with Crippen molar-refractivity contribution < 1.29 is 4.42 Å². The minimum Gasteiger partial charge on any atom is -0.455 e. The van der Waals surface area contributed by atoms with Crippen LogP contribution in [0.5, 0.6) is 0 Å². The first-order valence-electron chi connectivity index (χ1n) is 17.8. The van der Waals surface area contributed by atoms with Gasteiger partial charge in [0.25, 0.3) is 0 Å². The number of furan rings is 1. The molecule has 2 aromatic heterocycles. The van der Waals surface area contributed by atoms with Crippen LogP contribution in [0.3, 0.4) is 0 Å². The molecule has 0 N–H and O–H groups in total. The van der Waals surface area contributed by atoms with Gasteiger partial charge >= 0.3 is 0 Å².